The highest BCUT2D eigenvalue weighted by Gasteiger charge is 2.15. The van der Waals surface area contributed by atoms with Crippen molar-refractivity contribution in [1.82, 2.24) is 10.9 Å². The lowest BCUT2D eigenvalue weighted by atomic mass is 10.1. The Bertz CT molecular complexity index is 1240. The molecule has 34 heavy (non-hydrogen) atoms. The van der Waals surface area contributed by atoms with Crippen molar-refractivity contribution in [2.45, 2.75) is 24.7 Å². The van der Waals surface area contributed by atoms with Gasteiger partial charge in [0.25, 0.3) is 15.9 Å². The fraction of sp³-hybridized carbons (Fsp3) is 0.167. The van der Waals surface area contributed by atoms with E-state index in [-0.39, 0.29) is 28.3 Å². The van der Waals surface area contributed by atoms with Crippen LogP contribution in [0.1, 0.15) is 29.3 Å². The average Bonchev–Trinajstić information content (AvgIpc) is 2.83. The Labute approximate surface area is 197 Å². The first-order valence-electron chi connectivity index (χ1n) is 10.5. The van der Waals surface area contributed by atoms with E-state index in [4.69, 9.17) is 4.74 Å². The number of para-hydroxylation sites is 1. The van der Waals surface area contributed by atoms with Crippen LogP contribution in [0, 0.1) is 0 Å². The number of carbonyl (C=O) groups is 2. The van der Waals surface area contributed by atoms with Gasteiger partial charge in [-0.05, 0) is 73.5 Å². The second-order valence-electron chi connectivity index (χ2n) is 7.22. The van der Waals surface area contributed by atoms with E-state index >= 15 is 0 Å². The maximum Gasteiger partial charge on any atom is 0.269 e. The fourth-order valence-electron chi connectivity index (χ4n) is 3.02. The number of rotatable bonds is 9. The van der Waals surface area contributed by atoms with Gasteiger partial charge in [0.05, 0.1) is 11.5 Å². The Morgan fingerprint density at radius 1 is 0.912 bits per heavy atom. The molecule has 3 aromatic carbocycles. The molecule has 10 heteroatoms. The molecule has 0 saturated carbocycles. The van der Waals surface area contributed by atoms with Gasteiger partial charge >= 0.3 is 0 Å². The van der Waals surface area contributed by atoms with Crippen molar-refractivity contribution >= 4 is 27.5 Å². The molecule has 0 spiro atoms. The highest BCUT2D eigenvalue weighted by atomic mass is 32.2. The Balaban J connectivity index is 1.51. The summed E-state index contributed by atoms with van der Waals surface area (Å²) in [6.07, 6.45) is 0.391. The summed E-state index contributed by atoms with van der Waals surface area (Å²) in [6, 6.07) is 18.5. The molecule has 0 aromatic heterocycles. The van der Waals surface area contributed by atoms with Crippen LogP contribution >= 0.6 is 0 Å². The third kappa shape index (κ3) is 6.72. The number of aromatic hydroxyl groups is 1. The van der Waals surface area contributed by atoms with Gasteiger partial charge in [0.2, 0.25) is 5.91 Å². The van der Waals surface area contributed by atoms with Gasteiger partial charge < -0.3 is 9.84 Å². The third-order valence-corrected chi connectivity index (χ3v) is 6.17. The molecule has 0 aliphatic heterocycles. The van der Waals surface area contributed by atoms with Gasteiger partial charge in [-0.2, -0.15) is 0 Å². The number of hydrazine groups is 1. The zero-order chi connectivity index (χ0) is 24.6. The van der Waals surface area contributed by atoms with Gasteiger partial charge in [-0.1, -0.05) is 18.2 Å². The van der Waals surface area contributed by atoms with E-state index in [9.17, 15) is 23.1 Å². The number of phenolic OH excluding ortho intramolecular Hbond substituents is 1. The number of hydrogen-bond acceptors (Lipinski definition) is 6. The Hall–Kier alpha value is -4.05. The van der Waals surface area contributed by atoms with Crippen molar-refractivity contribution in [2.24, 2.45) is 0 Å². The minimum atomic E-state index is -3.81. The van der Waals surface area contributed by atoms with Crippen LogP contribution in [0.2, 0.25) is 0 Å². The molecule has 0 radical (unpaired) electrons. The molecule has 178 valence electrons. The summed E-state index contributed by atoms with van der Waals surface area (Å²) in [4.78, 5) is 24.3. The number of hydrogen-bond donors (Lipinski definition) is 4. The van der Waals surface area contributed by atoms with Gasteiger partial charge in [0.15, 0.2) is 0 Å². The standard InChI is InChI=1S/C24H25N3O6S/c1-2-33-20-12-14-21(15-13-20)34(31,32)27-19-10-7-18(8-11-19)24(30)26-25-23(29)16-9-17-5-3-4-6-22(17)28/h3-8,10-15,27-28H,2,9,16H2,1H3,(H,25,29)(H,26,30). The fourth-order valence-corrected chi connectivity index (χ4v) is 4.08. The Morgan fingerprint density at radius 2 is 1.59 bits per heavy atom. The van der Waals surface area contributed by atoms with E-state index in [1.165, 1.54) is 42.5 Å². The lowest BCUT2D eigenvalue weighted by Gasteiger charge is -2.11. The molecule has 0 fully saturated rings. The molecule has 0 heterocycles. The minimum Gasteiger partial charge on any atom is -0.508 e. The van der Waals surface area contributed by atoms with Gasteiger partial charge in [-0.15, -0.1) is 0 Å². The first-order valence-corrected chi connectivity index (χ1v) is 12.0. The number of aryl methyl sites for hydroxylation is 1. The van der Waals surface area contributed by atoms with Crippen LogP contribution in [-0.4, -0.2) is 31.9 Å². The van der Waals surface area contributed by atoms with Crippen LogP contribution in [0.5, 0.6) is 11.5 Å². The smallest absolute Gasteiger partial charge is 0.269 e. The van der Waals surface area contributed by atoms with Crippen molar-refractivity contribution < 1.29 is 27.9 Å². The summed E-state index contributed by atoms with van der Waals surface area (Å²) in [6.45, 7) is 2.31. The molecule has 2 amide bonds. The monoisotopic (exact) mass is 483 g/mol. The molecule has 0 aliphatic rings. The summed E-state index contributed by atoms with van der Waals surface area (Å²) < 4.78 is 32.9. The maximum absolute atomic E-state index is 12.6. The minimum absolute atomic E-state index is 0.0734. The van der Waals surface area contributed by atoms with Crippen LogP contribution in [0.15, 0.2) is 77.7 Å². The summed E-state index contributed by atoms with van der Waals surface area (Å²) in [5, 5.41) is 9.73. The number of nitrogens with one attached hydrogen (secondary N) is 3. The molecule has 3 aromatic rings. The van der Waals surface area contributed by atoms with Crippen LogP contribution in [0.4, 0.5) is 5.69 Å². The van der Waals surface area contributed by atoms with E-state index in [2.05, 4.69) is 15.6 Å². The summed E-state index contributed by atoms with van der Waals surface area (Å²) in [5.41, 5.74) is 5.76. The second kappa shape index (κ2) is 11.2. The largest absolute Gasteiger partial charge is 0.508 e. The van der Waals surface area contributed by atoms with Crippen LogP contribution in [-0.2, 0) is 21.2 Å². The van der Waals surface area contributed by atoms with E-state index in [1.807, 2.05) is 6.92 Å². The topological polar surface area (TPSA) is 134 Å². The number of phenols is 1. The predicted molar refractivity (Wildman–Crippen MR) is 127 cm³/mol. The molecule has 9 nitrogen and oxygen atoms in total. The predicted octanol–water partition coefficient (Wildman–Crippen LogP) is 2.99. The quantitative estimate of drug-likeness (QED) is 0.346. The molecule has 0 aliphatic carbocycles. The second-order valence-corrected chi connectivity index (χ2v) is 8.90. The lowest BCUT2D eigenvalue weighted by molar-refractivity contribution is -0.121. The number of sulfonamides is 1. The molecule has 0 atom stereocenters. The summed E-state index contributed by atoms with van der Waals surface area (Å²) in [5.74, 6) is -0.298. The highest BCUT2D eigenvalue weighted by molar-refractivity contribution is 7.92. The number of carbonyl (C=O) groups excluding carboxylic acids is 2. The van der Waals surface area contributed by atoms with Crippen LogP contribution < -0.4 is 20.3 Å². The average molecular weight is 484 g/mol. The Morgan fingerprint density at radius 3 is 2.24 bits per heavy atom. The first kappa shape index (κ1) is 24.6. The van der Waals surface area contributed by atoms with Crippen molar-refractivity contribution in [1.29, 1.82) is 0 Å². The molecule has 0 unspecified atom stereocenters. The van der Waals surface area contributed by atoms with Crippen LogP contribution in [0.3, 0.4) is 0 Å². The van der Waals surface area contributed by atoms with Crippen LogP contribution in [0.25, 0.3) is 0 Å². The molecule has 4 N–H and O–H groups in total. The number of anilines is 1. The van der Waals surface area contributed by atoms with Gasteiger partial charge in [-0.25, -0.2) is 8.42 Å². The molecule has 3 rings (SSSR count). The number of benzene rings is 3. The third-order valence-electron chi connectivity index (χ3n) is 4.77. The van der Waals surface area contributed by atoms with E-state index in [1.54, 1.807) is 30.3 Å². The molecular formula is C24H25N3O6S. The maximum atomic E-state index is 12.6. The first-order chi connectivity index (χ1) is 16.3. The van der Waals surface area contributed by atoms with E-state index in [0.29, 0.717) is 24.3 Å². The highest BCUT2D eigenvalue weighted by Crippen LogP contribution is 2.20. The van der Waals surface area contributed by atoms with E-state index in [0.717, 1.165) is 0 Å². The summed E-state index contributed by atoms with van der Waals surface area (Å²) >= 11 is 0. The van der Waals surface area contributed by atoms with Gasteiger partial charge in [0, 0.05) is 17.7 Å². The molecule has 0 saturated heterocycles. The SMILES string of the molecule is CCOc1ccc(S(=O)(=O)Nc2ccc(C(=O)NNC(=O)CCc3ccccc3O)cc2)cc1. The van der Waals surface area contributed by atoms with E-state index < -0.39 is 21.8 Å². The molecule has 0 bridgehead atoms. The Kier molecular flexibility index (Phi) is 8.10. The number of ether oxygens (including phenoxy) is 1. The van der Waals surface area contributed by atoms with Gasteiger partial charge in [-0.3, -0.25) is 25.2 Å². The summed E-state index contributed by atoms with van der Waals surface area (Å²) in [7, 11) is -3.81. The van der Waals surface area contributed by atoms with Crippen molar-refractivity contribution in [3.8, 4) is 11.5 Å². The zero-order valence-corrected chi connectivity index (χ0v) is 19.3. The van der Waals surface area contributed by atoms with Crippen molar-refractivity contribution in [3.05, 3.63) is 83.9 Å². The number of amides is 2. The molecular weight excluding hydrogens is 458 g/mol. The lowest BCUT2D eigenvalue weighted by Crippen LogP contribution is -2.41. The van der Waals surface area contributed by atoms with Gasteiger partial charge in [0.1, 0.15) is 11.5 Å². The normalized spacial score (nSPS) is 10.9. The van der Waals surface area contributed by atoms with Crippen molar-refractivity contribution in [2.75, 3.05) is 11.3 Å². The van der Waals surface area contributed by atoms with Crippen molar-refractivity contribution in [3.63, 3.8) is 0 Å². The zero-order valence-electron chi connectivity index (χ0n) is 18.4.